The first kappa shape index (κ1) is 10.8. The number of rotatable bonds is 6. The van der Waals surface area contributed by atoms with Crippen molar-refractivity contribution in [1.29, 1.82) is 0 Å². The van der Waals surface area contributed by atoms with Crippen LogP contribution < -0.4 is 0 Å². The van der Waals surface area contributed by atoms with E-state index in [0.29, 0.717) is 6.42 Å². The van der Waals surface area contributed by atoms with Crippen LogP contribution in [0.1, 0.15) is 26.2 Å². The Hall–Kier alpha value is -0.200. The van der Waals surface area contributed by atoms with Gasteiger partial charge in [0.2, 0.25) is 0 Å². The third-order valence-electron chi connectivity index (χ3n) is 1.05. The Morgan fingerprint density at radius 2 is 2.00 bits per heavy atom. The first-order valence-corrected chi connectivity index (χ1v) is 4.65. The molecule has 0 fully saturated rings. The summed E-state index contributed by atoms with van der Waals surface area (Å²) in [5.41, 5.74) is 0. The summed E-state index contributed by atoms with van der Waals surface area (Å²) in [7, 11) is -4.37. The lowest BCUT2D eigenvalue weighted by Crippen LogP contribution is -2.06. The summed E-state index contributed by atoms with van der Waals surface area (Å²) in [5.74, 6) is 0. The van der Waals surface area contributed by atoms with E-state index in [1.54, 1.807) is 0 Å². The number of halogens is 1. The van der Waals surface area contributed by atoms with Crippen LogP contribution >= 0.6 is 0 Å². The molecule has 11 heavy (non-hydrogen) atoms. The SMILES string of the molecule is CCCCCOS(=O)(=O)OF. The maximum absolute atomic E-state index is 11.1. The first-order chi connectivity index (χ1) is 5.12. The Kier molecular flexibility index (Phi) is 5.35. The van der Waals surface area contributed by atoms with Crippen molar-refractivity contribution < 1.29 is 21.5 Å². The maximum Gasteiger partial charge on any atom is 0.430 e. The molecule has 6 heteroatoms. The standard InChI is InChI=1S/C5H11FO4S/c1-2-3-4-5-9-11(7,8)10-6/h2-5H2,1H3. The maximum atomic E-state index is 11.1. The molecule has 68 valence electrons. The smallest absolute Gasteiger partial charge is 0.246 e. The van der Waals surface area contributed by atoms with Gasteiger partial charge in [0.15, 0.2) is 0 Å². The van der Waals surface area contributed by atoms with Crippen molar-refractivity contribution in [2.24, 2.45) is 0 Å². The molecule has 0 aliphatic carbocycles. The molecule has 0 rings (SSSR count). The van der Waals surface area contributed by atoms with E-state index in [1.807, 2.05) is 6.92 Å². The van der Waals surface area contributed by atoms with E-state index < -0.39 is 10.4 Å². The number of hydrogen-bond donors (Lipinski definition) is 0. The van der Waals surface area contributed by atoms with Gasteiger partial charge in [-0.25, -0.2) is 4.18 Å². The van der Waals surface area contributed by atoms with Gasteiger partial charge in [-0.2, -0.15) is 8.42 Å². The molecule has 0 saturated heterocycles. The highest BCUT2D eigenvalue weighted by atomic mass is 32.3. The molecule has 4 nitrogen and oxygen atoms in total. The third-order valence-corrected chi connectivity index (χ3v) is 1.66. The Labute approximate surface area is 65.5 Å². The molecule has 0 aromatic rings. The largest absolute Gasteiger partial charge is 0.430 e. The Morgan fingerprint density at radius 3 is 2.45 bits per heavy atom. The van der Waals surface area contributed by atoms with Crippen molar-refractivity contribution in [2.45, 2.75) is 26.2 Å². The van der Waals surface area contributed by atoms with Crippen molar-refractivity contribution in [3.05, 3.63) is 0 Å². The molecule has 0 spiro atoms. The van der Waals surface area contributed by atoms with E-state index in [9.17, 15) is 12.9 Å². The van der Waals surface area contributed by atoms with Gasteiger partial charge in [-0.15, -0.1) is 0 Å². The van der Waals surface area contributed by atoms with E-state index in [0.717, 1.165) is 12.8 Å². The van der Waals surface area contributed by atoms with Crippen LogP contribution in [0.25, 0.3) is 0 Å². The van der Waals surface area contributed by atoms with Gasteiger partial charge in [-0.3, -0.25) is 0 Å². The fraction of sp³-hybridized carbons (Fsp3) is 1.00. The molecular weight excluding hydrogens is 175 g/mol. The summed E-state index contributed by atoms with van der Waals surface area (Å²) in [6, 6.07) is 0. The fourth-order valence-electron chi connectivity index (χ4n) is 0.531. The van der Waals surface area contributed by atoms with Crippen LogP contribution in [-0.2, 0) is 19.0 Å². The molecule has 0 heterocycles. The monoisotopic (exact) mass is 186 g/mol. The molecule has 0 bridgehead atoms. The second-order valence-electron chi connectivity index (χ2n) is 2.00. The molecule has 0 saturated carbocycles. The predicted molar refractivity (Wildman–Crippen MR) is 36.6 cm³/mol. The highest BCUT2D eigenvalue weighted by molar-refractivity contribution is 7.81. The zero-order chi connectivity index (χ0) is 8.74. The Bertz CT molecular complexity index is 177. The molecule has 0 N–H and O–H groups in total. The predicted octanol–water partition coefficient (Wildman–Crippen LogP) is 1.34. The van der Waals surface area contributed by atoms with Crippen molar-refractivity contribution in [2.75, 3.05) is 6.61 Å². The lowest BCUT2D eigenvalue weighted by atomic mass is 10.3. The molecule has 0 aliphatic rings. The van der Waals surface area contributed by atoms with Gasteiger partial charge in [0, 0.05) is 0 Å². The van der Waals surface area contributed by atoms with Crippen LogP contribution in [0.2, 0.25) is 0 Å². The Morgan fingerprint density at radius 1 is 1.36 bits per heavy atom. The van der Waals surface area contributed by atoms with Crippen molar-refractivity contribution in [3.8, 4) is 0 Å². The summed E-state index contributed by atoms with van der Waals surface area (Å²) in [6.45, 7) is 1.93. The van der Waals surface area contributed by atoms with Gasteiger partial charge in [0.25, 0.3) is 0 Å². The minimum absolute atomic E-state index is 0.0277. The summed E-state index contributed by atoms with van der Waals surface area (Å²) in [4.78, 5) is 0. The third kappa shape index (κ3) is 6.21. The molecule has 0 amide bonds. The van der Waals surface area contributed by atoms with Crippen LogP contribution in [0.5, 0.6) is 0 Å². The van der Waals surface area contributed by atoms with Crippen LogP contribution in [-0.4, -0.2) is 15.0 Å². The van der Waals surface area contributed by atoms with E-state index in [1.165, 1.54) is 0 Å². The molecular formula is C5H11FO4S. The number of hydrogen-bond acceptors (Lipinski definition) is 4. The van der Waals surface area contributed by atoms with Gasteiger partial charge < -0.3 is 0 Å². The molecule has 0 unspecified atom stereocenters. The summed E-state index contributed by atoms with van der Waals surface area (Å²) >= 11 is 0. The molecule has 0 radical (unpaired) electrons. The van der Waals surface area contributed by atoms with Gasteiger partial charge >= 0.3 is 10.4 Å². The number of unbranched alkanes of at least 4 members (excludes halogenated alkanes) is 2. The van der Waals surface area contributed by atoms with Gasteiger partial charge in [-0.1, -0.05) is 19.8 Å². The van der Waals surface area contributed by atoms with Crippen LogP contribution in [0.15, 0.2) is 0 Å². The molecule has 0 atom stereocenters. The zero-order valence-corrected chi connectivity index (χ0v) is 7.06. The van der Waals surface area contributed by atoms with Gasteiger partial charge in [0.05, 0.1) is 6.61 Å². The van der Waals surface area contributed by atoms with E-state index >= 15 is 0 Å². The van der Waals surface area contributed by atoms with Crippen molar-refractivity contribution >= 4 is 10.4 Å². The fourth-order valence-corrected chi connectivity index (χ4v) is 0.890. The average molecular weight is 186 g/mol. The first-order valence-electron chi connectivity index (χ1n) is 3.32. The lowest BCUT2D eigenvalue weighted by molar-refractivity contribution is -0.0183. The van der Waals surface area contributed by atoms with Crippen LogP contribution in [0, 0.1) is 0 Å². The Balaban J connectivity index is 3.39. The summed E-state index contributed by atoms with van der Waals surface area (Å²) < 4.78 is 38.0. The van der Waals surface area contributed by atoms with Crippen molar-refractivity contribution in [3.63, 3.8) is 0 Å². The average Bonchev–Trinajstić information content (AvgIpc) is 1.99. The molecule has 0 aliphatic heterocycles. The van der Waals surface area contributed by atoms with E-state index in [2.05, 4.69) is 8.57 Å². The van der Waals surface area contributed by atoms with Crippen LogP contribution in [0.3, 0.4) is 0 Å². The van der Waals surface area contributed by atoms with E-state index in [4.69, 9.17) is 0 Å². The lowest BCUT2D eigenvalue weighted by Gasteiger charge is -1.98. The second-order valence-corrected chi connectivity index (χ2v) is 3.18. The van der Waals surface area contributed by atoms with E-state index in [-0.39, 0.29) is 6.61 Å². The van der Waals surface area contributed by atoms with Crippen molar-refractivity contribution in [1.82, 2.24) is 0 Å². The summed E-state index contributed by atoms with van der Waals surface area (Å²) in [5, 5.41) is 0. The summed E-state index contributed by atoms with van der Waals surface area (Å²) in [6.07, 6.45) is 2.38. The zero-order valence-electron chi connectivity index (χ0n) is 6.25. The topological polar surface area (TPSA) is 52.6 Å². The minimum atomic E-state index is -4.37. The normalized spacial score (nSPS) is 11.8. The quantitative estimate of drug-likeness (QED) is 0.587. The van der Waals surface area contributed by atoms with Gasteiger partial charge in [-0.05, 0) is 15.3 Å². The van der Waals surface area contributed by atoms with Gasteiger partial charge in [0.1, 0.15) is 0 Å². The molecule has 0 aromatic carbocycles. The highest BCUT2D eigenvalue weighted by Gasteiger charge is 2.10. The molecule has 0 aromatic heterocycles. The highest BCUT2D eigenvalue weighted by Crippen LogP contribution is 2.00. The minimum Gasteiger partial charge on any atom is -0.246 e. The second kappa shape index (κ2) is 5.45. The van der Waals surface area contributed by atoms with Crippen LogP contribution in [0.4, 0.5) is 4.53 Å².